The first-order chi connectivity index (χ1) is 14.2. The number of nitrogens with zero attached hydrogens (tertiary/aromatic N) is 1. The molecule has 7 heteroatoms. The fourth-order valence-electron chi connectivity index (χ4n) is 2.71. The fourth-order valence-corrected chi connectivity index (χ4v) is 2.71. The summed E-state index contributed by atoms with van der Waals surface area (Å²) in [5, 5.41) is 2.72. The van der Waals surface area contributed by atoms with Gasteiger partial charge in [0.05, 0.1) is 6.20 Å². The number of rotatable bonds is 6. The Bertz CT molecular complexity index is 1050. The molecule has 6 nitrogen and oxygen atoms in total. The summed E-state index contributed by atoms with van der Waals surface area (Å²) in [5.41, 5.74) is 1.43. The molecule has 0 saturated heterocycles. The summed E-state index contributed by atoms with van der Waals surface area (Å²) in [4.78, 5) is 16.0. The van der Waals surface area contributed by atoms with Crippen LogP contribution < -0.4 is 19.5 Å². The Hall–Kier alpha value is -3.87. The molecular weight excluding hydrogens is 375 g/mol. The number of halogens is 1. The zero-order valence-electron chi connectivity index (χ0n) is 15.3. The summed E-state index contributed by atoms with van der Waals surface area (Å²) in [7, 11) is 0. The second-order valence-corrected chi connectivity index (χ2v) is 6.22. The normalized spacial score (nSPS) is 12.2. The number of carbonyl (C=O) groups excluding carboxylic acids is 1. The molecule has 1 aliphatic rings. The molecule has 146 valence electrons. The van der Waals surface area contributed by atoms with Crippen molar-refractivity contribution >= 4 is 12.0 Å². The predicted octanol–water partition coefficient (Wildman–Crippen LogP) is 4.07. The molecule has 1 amide bonds. The highest BCUT2D eigenvalue weighted by Crippen LogP contribution is 2.32. The van der Waals surface area contributed by atoms with Crippen molar-refractivity contribution in [1.82, 2.24) is 10.3 Å². The van der Waals surface area contributed by atoms with Gasteiger partial charge in [-0.3, -0.25) is 9.78 Å². The molecule has 0 unspecified atom stereocenters. The van der Waals surface area contributed by atoms with E-state index in [1.807, 2.05) is 6.07 Å². The van der Waals surface area contributed by atoms with Gasteiger partial charge in [-0.2, -0.15) is 0 Å². The van der Waals surface area contributed by atoms with Crippen LogP contribution in [-0.4, -0.2) is 17.7 Å². The summed E-state index contributed by atoms with van der Waals surface area (Å²) in [6, 6.07) is 13.3. The minimum atomic E-state index is -0.517. The van der Waals surface area contributed by atoms with Crippen LogP contribution >= 0.6 is 0 Å². The minimum Gasteiger partial charge on any atom is -0.454 e. The van der Waals surface area contributed by atoms with E-state index in [4.69, 9.17) is 14.2 Å². The third-order valence-electron chi connectivity index (χ3n) is 4.15. The van der Waals surface area contributed by atoms with E-state index < -0.39 is 5.82 Å². The van der Waals surface area contributed by atoms with Crippen molar-refractivity contribution in [2.75, 3.05) is 6.79 Å². The number of ether oxygens (including phenoxy) is 3. The molecule has 2 heterocycles. The molecule has 0 saturated carbocycles. The van der Waals surface area contributed by atoms with Crippen LogP contribution in [0.2, 0.25) is 0 Å². The molecule has 29 heavy (non-hydrogen) atoms. The van der Waals surface area contributed by atoms with Crippen molar-refractivity contribution < 1.29 is 23.4 Å². The number of aromatic nitrogens is 1. The van der Waals surface area contributed by atoms with Crippen LogP contribution in [0.3, 0.4) is 0 Å². The Kier molecular flexibility index (Phi) is 5.38. The van der Waals surface area contributed by atoms with Crippen LogP contribution in [0.4, 0.5) is 4.39 Å². The maximum atomic E-state index is 14.2. The van der Waals surface area contributed by atoms with Gasteiger partial charge in [0.25, 0.3) is 0 Å². The third kappa shape index (κ3) is 4.70. The van der Waals surface area contributed by atoms with Gasteiger partial charge in [0.15, 0.2) is 23.1 Å². The second-order valence-electron chi connectivity index (χ2n) is 6.22. The monoisotopic (exact) mass is 392 g/mol. The maximum absolute atomic E-state index is 14.2. The van der Waals surface area contributed by atoms with E-state index in [1.165, 1.54) is 24.4 Å². The summed E-state index contributed by atoms with van der Waals surface area (Å²) >= 11 is 0. The molecule has 2 aromatic carbocycles. The minimum absolute atomic E-state index is 0.0933. The molecule has 0 bridgehead atoms. The third-order valence-corrected chi connectivity index (χ3v) is 4.15. The Morgan fingerprint density at radius 3 is 2.90 bits per heavy atom. The van der Waals surface area contributed by atoms with Crippen LogP contribution in [0, 0.1) is 5.82 Å². The Labute approximate surface area is 166 Å². The first-order valence-electron chi connectivity index (χ1n) is 8.89. The molecule has 1 aromatic heterocycles. The van der Waals surface area contributed by atoms with Gasteiger partial charge in [-0.15, -0.1) is 0 Å². The second kappa shape index (κ2) is 8.43. The van der Waals surface area contributed by atoms with Gasteiger partial charge in [-0.25, -0.2) is 4.39 Å². The first-order valence-corrected chi connectivity index (χ1v) is 8.89. The molecule has 3 aromatic rings. The highest BCUT2D eigenvalue weighted by molar-refractivity contribution is 5.91. The van der Waals surface area contributed by atoms with Gasteiger partial charge >= 0.3 is 0 Å². The number of amides is 1. The average Bonchev–Trinajstić information content (AvgIpc) is 3.21. The summed E-state index contributed by atoms with van der Waals surface area (Å²) in [5.74, 6) is 1.06. The number of benzene rings is 2. The highest BCUT2D eigenvalue weighted by atomic mass is 19.1. The van der Waals surface area contributed by atoms with Crippen molar-refractivity contribution in [3.05, 3.63) is 83.9 Å². The zero-order chi connectivity index (χ0) is 20.1. The van der Waals surface area contributed by atoms with Crippen LogP contribution in [-0.2, 0) is 11.3 Å². The van der Waals surface area contributed by atoms with Crippen molar-refractivity contribution in [2.24, 2.45) is 0 Å². The lowest BCUT2D eigenvalue weighted by atomic mass is 10.2. The molecule has 0 spiro atoms. The van der Waals surface area contributed by atoms with E-state index in [0.717, 1.165) is 5.56 Å². The van der Waals surface area contributed by atoms with Crippen LogP contribution in [0.25, 0.3) is 6.08 Å². The van der Waals surface area contributed by atoms with E-state index >= 15 is 0 Å². The molecule has 0 radical (unpaired) electrons. The molecule has 4 rings (SSSR count). The Morgan fingerprint density at radius 2 is 2.07 bits per heavy atom. The predicted molar refractivity (Wildman–Crippen MR) is 104 cm³/mol. The Balaban J connectivity index is 1.32. The van der Waals surface area contributed by atoms with Gasteiger partial charge in [0.1, 0.15) is 5.75 Å². The molecule has 1 aliphatic heterocycles. The molecular formula is C22H17FN2O4. The van der Waals surface area contributed by atoms with Gasteiger partial charge in [0, 0.05) is 18.8 Å². The smallest absolute Gasteiger partial charge is 0.244 e. The van der Waals surface area contributed by atoms with Gasteiger partial charge in [-0.05, 0) is 53.6 Å². The van der Waals surface area contributed by atoms with E-state index in [1.54, 1.807) is 42.6 Å². The first kappa shape index (κ1) is 18.5. The number of nitrogens with one attached hydrogen (secondary N) is 1. The van der Waals surface area contributed by atoms with Crippen molar-refractivity contribution in [2.45, 2.75) is 6.54 Å². The van der Waals surface area contributed by atoms with Crippen LogP contribution in [0.5, 0.6) is 23.0 Å². The quantitative estimate of drug-likeness (QED) is 0.641. The van der Waals surface area contributed by atoms with E-state index in [-0.39, 0.29) is 25.0 Å². The van der Waals surface area contributed by atoms with Crippen LogP contribution in [0.15, 0.2) is 67.0 Å². The molecule has 0 fully saturated rings. The molecule has 0 atom stereocenters. The van der Waals surface area contributed by atoms with Crippen LogP contribution in [0.1, 0.15) is 11.1 Å². The van der Waals surface area contributed by atoms with Crippen molar-refractivity contribution in [3.63, 3.8) is 0 Å². The standard InChI is InChI=1S/C22H17FN2O4/c23-18-10-16(4-6-19(18)29-17-2-1-9-24-13-17)12-25-22(26)8-5-15-3-7-20-21(11-15)28-14-27-20/h1-11,13H,12,14H2,(H,25,26). The molecule has 0 aliphatic carbocycles. The maximum Gasteiger partial charge on any atom is 0.244 e. The number of fused-ring (bicyclic) bond motifs is 1. The number of hydrogen-bond donors (Lipinski definition) is 1. The van der Waals surface area contributed by atoms with Gasteiger partial charge in [-0.1, -0.05) is 12.1 Å². The van der Waals surface area contributed by atoms with Crippen molar-refractivity contribution in [1.29, 1.82) is 0 Å². The van der Waals surface area contributed by atoms with Gasteiger partial charge in [0.2, 0.25) is 12.7 Å². The number of pyridine rings is 1. The number of hydrogen-bond acceptors (Lipinski definition) is 5. The summed E-state index contributed by atoms with van der Waals surface area (Å²) in [6.07, 6.45) is 6.19. The zero-order valence-corrected chi connectivity index (χ0v) is 15.3. The van der Waals surface area contributed by atoms with E-state index in [0.29, 0.717) is 22.8 Å². The average molecular weight is 392 g/mol. The topological polar surface area (TPSA) is 69.7 Å². The van der Waals surface area contributed by atoms with Crippen molar-refractivity contribution in [3.8, 4) is 23.0 Å². The highest BCUT2D eigenvalue weighted by Gasteiger charge is 2.12. The lowest BCUT2D eigenvalue weighted by molar-refractivity contribution is -0.116. The Morgan fingerprint density at radius 1 is 1.17 bits per heavy atom. The summed E-state index contributed by atoms with van der Waals surface area (Å²) in [6.45, 7) is 0.389. The summed E-state index contributed by atoms with van der Waals surface area (Å²) < 4.78 is 30.3. The van der Waals surface area contributed by atoms with E-state index in [2.05, 4.69) is 10.3 Å². The number of carbonyl (C=O) groups is 1. The van der Waals surface area contributed by atoms with E-state index in [9.17, 15) is 9.18 Å². The lowest BCUT2D eigenvalue weighted by Crippen LogP contribution is -2.20. The van der Waals surface area contributed by atoms with Gasteiger partial charge < -0.3 is 19.5 Å². The lowest BCUT2D eigenvalue weighted by Gasteiger charge is -2.08. The SMILES string of the molecule is O=C(C=Cc1ccc2c(c1)OCO2)NCc1ccc(Oc2cccnc2)c(F)c1. The molecule has 1 N–H and O–H groups in total. The fraction of sp³-hybridized carbons (Fsp3) is 0.0909. The largest absolute Gasteiger partial charge is 0.454 e.